The summed E-state index contributed by atoms with van der Waals surface area (Å²) in [5.41, 5.74) is 3.05. The Morgan fingerprint density at radius 2 is 1.87 bits per heavy atom. The molecule has 118 valence electrons. The summed E-state index contributed by atoms with van der Waals surface area (Å²) in [4.78, 5) is 3.31. The predicted octanol–water partition coefficient (Wildman–Crippen LogP) is 7.01. The van der Waals surface area contributed by atoms with Gasteiger partial charge in [0.15, 0.2) is 0 Å². The molecule has 0 saturated carbocycles. The van der Waals surface area contributed by atoms with Gasteiger partial charge in [0.2, 0.25) is 0 Å². The highest BCUT2D eigenvalue weighted by Gasteiger charge is 2.15. The minimum absolute atomic E-state index is 0.0865. The minimum Gasteiger partial charge on any atom is -0.508 e. The van der Waals surface area contributed by atoms with Gasteiger partial charge in [0.05, 0.1) is 10.0 Å². The summed E-state index contributed by atoms with van der Waals surface area (Å²) in [7, 11) is 0. The number of hydrogen-bond acceptors (Lipinski definition) is 1. The number of benzene rings is 2. The lowest BCUT2D eigenvalue weighted by molar-refractivity contribution is 0.514. The third-order valence-electron chi connectivity index (χ3n) is 3.57. The van der Waals surface area contributed by atoms with Gasteiger partial charge in [0.25, 0.3) is 0 Å². The summed E-state index contributed by atoms with van der Waals surface area (Å²) in [6.07, 6.45) is 0.488. The van der Waals surface area contributed by atoms with E-state index in [1.165, 1.54) is 0 Å². The molecule has 0 amide bonds. The van der Waals surface area contributed by atoms with Gasteiger partial charge in [-0.3, -0.25) is 0 Å². The molecule has 0 aliphatic carbocycles. The number of hydrogen-bond donors (Lipinski definition) is 2. The van der Waals surface area contributed by atoms with E-state index >= 15 is 0 Å². The van der Waals surface area contributed by atoms with E-state index in [1.54, 1.807) is 12.1 Å². The van der Waals surface area contributed by atoms with Crippen LogP contribution in [0.3, 0.4) is 0 Å². The Morgan fingerprint density at radius 3 is 2.57 bits per heavy atom. The van der Waals surface area contributed by atoms with Crippen molar-refractivity contribution in [2.45, 2.75) is 6.42 Å². The van der Waals surface area contributed by atoms with Crippen LogP contribution in [0.25, 0.3) is 16.7 Å². The molecule has 0 aliphatic heterocycles. The number of nitrogens with one attached hydrogen (secondary N) is 1. The Balaban J connectivity index is 2.07. The quantitative estimate of drug-likeness (QED) is 0.430. The first-order valence-corrected chi connectivity index (χ1v) is 8.61. The van der Waals surface area contributed by atoms with Gasteiger partial charge in [-0.1, -0.05) is 57.3 Å². The first-order valence-electron chi connectivity index (χ1n) is 6.68. The summed E-state index contributed by atoms with van der Waals surface area (Å²) >= 11 is 22.3. The maximum absolute atomic E-state index is 9.61. The second-order valence-corrected chi connectivity index (χ2v) is 7.26. The second kappa shape index (κ2) is 6.40. The SMILES string of the molecule is C=C(O)c1ccc(Cl)c(Cc2cc3c(Cl)cc(Br)cc3[nH]2)c1Cl. The average Bonchev–Trinajstić information content (AvgIpc) is 2.86. The zero-order valence-corrected chi connectivity index (χ0v) is 15.6. The lowest BCUT2D eigenvalue weighted by Gasteiger charge is -2.10. The molecule has 0 spiro atoms. The van der Waals surface area contributed by atoms with Gasteiger partial charge >= 0.3 is 0 Å². The fourth-order valence-corrected chi connectivity index (χ4v) is 3.96. The predicted molar refractivity (Wildman–Crippen MR) is 102 cm³/mol. The van der Waals surface area contributed by atoms with Crippen LogP contribution in [0.1, 0.15) is 16.8 Å². The number of aromatic nitrogens is 1. The van der Waals surface area contributed by atoms with E-state index in [2.05, 4.69) is 27.5 Å². The van der Waals surface area contributed by atoms with Crippen molar-refractivity contribution < 1.29 is 5.11 Å². The van der Waals surface area contributed by atoms with Crippen LogP contribution in [0.15, 0.2) is 41.4 Å². The molecule has 0 radical (unpaired) electrons. The highest BCUT2D eigenvalue weighted by atomic mass is 79.9. The Bertz CT molecular complexity index is 933. The van der Waals surface area contributed by atoms with E-state index in [9.17, 15) is 5.11 Å². The number of H-pyrrole nitrogens is 1. The van der Waals surface area contributed by atoms with Gasteiger partial charge < -0.3 is 10.1 Å². The number of halogens is 4. The van der Waals surface area contributed by atoms with Gasteiger partial charge in [-0.15, -0.1) is 0 Å². The van der Waals surface area contributed by atoms with E-state index in [1.807, 2.05) is 18.2 Å². The van der Waals surface area contributed by atoms with Crippen LogP contribution in [-0.2, 0) is 6.42 Å². The van der Waals surface area contributed by atoms with E-state index in [4.69, 9.17) is 34.8 Å². The van der Waals surface area contributed by atoms with Crippen molar-refractivity contribution in [3.05, 3.63) is 73.3 Å². The third kappa shape index (κ3) is 3.24. The monoisotopic (exact) mass is 429 g/mol. The molecule has 1 heterocycles. The molecule has 23 heavy (non-hydrogen) atoms. The molecular formula is C17H11BrCl3NO. The van der Waals surface area contributed by atoms with Crippen molar-refractivity contribution in [2.75, 3.05) is 0 Å². The van der Waals surface area contributed by atoms with Crippen LogP contribution in [0, 0.1) is 0 Å². The van der Waals surface area contributed by atoms with Gasteiger partial charge in [-0.05, 0) is 35.9 Å². The van der Waals surface area contributed by atoms with Gasteiger partial charge in [-0.25, -0.2) is 0 Å². The van der Waals surface area contributed by atoms with Gasteiger partial charge in [-0.2, -0.15) is 0 Å². The van der Waals surface area contributed by atoms with Crippen molar-refractivity contribution in [3.63, 3.8) is 0 Å². The number of aliphatic hydroxyl groups is 1. The molecule has 0 aliphatic rings. The van der Waals surface area contributed by atoms with Crippen LogP contribution >= 0.6 is 50.7 Å². The summed E-state index contributed by atoms with van der Waals surface area (Å²) in [5.74, 6) is -0.0865. The Hall–Kier alpha value is -1.13. The first-order chi connectivity index (χ1) is 10.9. The summed E-state index contributed by atoms with van der Waals surface area (Å²) in [6, 6.07) is 9.12. The fraction of sp³-hybridized carbons (Fsp3) is 0.0588. The summed E-state index contributed by atoms with van der Waals surface area (Å²) < 4.78 is 0.901. The maximum atomic E-state index is 9.61. The fourth-order valence-electron chi connectivity index (χ4n) is 2.49. The molecule has 0 unspecified atom stereocenters. The van der Waals surface area contributed by atoms with Crippen molar-refractivity contribution in [3.8, 4) is 0 Å². The molecule has 0 saturated heterocycles. The van der Waals surface area contributed by atoms with Crippen molar-refractivity contribution in [1.29, 1.82) is 0 Å². The molecule has 3 aromatic rings. The standard InChI is InChI=1S/C17H11BrCl3NO/c1-8(23)11-2-3-14(19)13(17(11)21)7-10-6-12-15(20)4-9(18)5-16(12)22-10/h2-6,22-23H,1,7H2. The molecule has 3 rings (SSSR count). The lowest BCUT2D eigenvalue weighted by atomic mass is 10.0. The second-order valence-electron chi connectivity index (χ2n) is 5.15. The molecule has 0 atom stereocenters. The molecule has 0 bridgehead atoms. The maximum Gasteiger partial charge on any atom is 0.117 e. The van der Waals surface area contributed by atoms with Crippen molar-refractivity contribution >= 4 is 67.4 Å². The minimum atomic E-state index is -0.0865. The smallest absolute Gasteiger partial charge is 0.117 e. The van der Waals surface area contributed by atoms with Crippen LogP contribution in [-0.4, -0.2) is 10.1 Å². The molecule has 6 heteroatoms. The molecule has 1 aromatic heterocycles. The normalized spacial score (nSPS) is 11.1. The Morgan fingerprint density at radius 1 is 1.13 bits per heavy atom. The molecule has 0 fully saturated rings. The van der Waals surface area contributed by atoms with Gasteiger partial charge in [0, 0.05) is 38.1 Å². The number of fused-ring (bicyclic) bond motifs is 1. The highest BCUT2D eigenvalue weighted by molar-refractivity contribution is 9.10. The van der Waals surface area contributed by atoms with E-state index in [0.29, 0.717) is 27.1 Å². The van der Waals surface area contributed by atoms with Gasteiger partial charge in [0.1, 0.15) is 5.76 Å². The van der Waals surface area contributed by atoms with Crippen molar-refractivity contribution in [2.24, 2.45) is 0 Å². The van der Waals surface area contributed by atoms with E-state index < -0.39 is 0 Å². The van der Waals surface area contributed by atoms with E-state index in [0.717, 1.165) is 26.6 Å². The average molecular weight is 432 g/mol. The summed E-state index contributed by atoms with van der Waals surface area (Å²) in [5, 5.41) is 12.1. The molecule has 2 N–H and O–H groups in total. The zero-order valence-electron chi connectivity index (χ0n) is 11.8. The number of aromatic amines is 1. The lowest BCUT2D eigenvalue weighted by Crippen LogP contribution is -1.95. The molecule has 2 aromatic carbocycles. The largest absolute Gasteiger partial charge is 0.508 e. The topological polar surface area (TPSA) is 36.0 Å². The van der Waals surface area contributed by atoms with E-state index in [-0.39, 0.29) is 5.76 Å². The third-order valence-corrected chi connectivity index (χ3v) is 5.13. The first kappa shape index (κ1) is 16.7. The van der Waals surface area contributed by atoms with Crippen LogP contribution in [0.5, 0.6) is 0 Å². The molecule has 2 nitrogen and oxygen atoms in total. The zero-order chi connectivity index (χ0) is 16.7. The highest BCUT2D eigenvalue weighted by Crippen LogP contribution is 2.34. The Labute approximate surface area is 156 Å². The van der Waals surface area contributed by atoms with Crippen LogP contribution < -0.4 is 0 Å². The van der Waals surface area contributed by atoms with Crippen LogP contribution in [0.4, 0.5) is 0 Å². The Kier molecular flexibility index (Phi) is 4.65. The number of aliphatic hydroxyl groups excluding tert-OH is 1. The van der Waals surface area contributed by atoms with Crippen LogP contribution in [0.2, 0.25) is 15.1 Å². The van der Waals surface area contributed by atoms with Crippen molar-refractivity contribution in [1.82, 2.24) is 4.98 Å². The summed E-state index contributed by atoms with van der Waals surface area (Å²) in [6.45, 7) is 3.52. The number of rotatable bonds is 3. The molecular weight excluding hydrogens is 420 g/mol.